The minimum atomic E-state index is -4.15. The maximum Gasteiger partial charge on any atom is 0.410 e. The molecule has 2 saturated carbocycles. The lowest BCUT2D eigenvalue weighted by Gasteiger charge is -2.30. The Morgan fingerprint density at radius 2 is 1.69 bits per heavy atom. The van der Waals surface area contributed by atoms with Crippen molar-refractivity contribution in [3.05, 3.63) is 47.3 Å². The number of allylic oxidation sites excluding steroid dienone is 1. The molecule has 4 fully saturated rings. The minimum Gasteiger partial charge on any atom is -0.446 e. The van der Waals surface area contributed by atoms with E-state index in [1.165, 1.54) is 20.2 Å². The molecule has 2 aliphatic carbocycles. The van der Waals surface area contributed by atoms with Crippen molar-refractivity contribution >= 4 is 40.1 Å². The third-order valence-corrected chi connectivity index (χ3v) is 13.1. The predicted molar refractivity (Wildman–Crippen MR) is 191 cm³/mol. The summed E-state index contributed by atoms with van der Waals surface area (Å²) in [4.78, 5) is 71.6. The second-order valence-corrected chi connectivity index (χ2v) is 17.0. The zero-order valence-corrected chi connectivity index (χ0v) is 31.1. The van der Waals surface area contributed by atoms with Crippen molar-refractivity contribution in [3.8, 4) is 0 Å². The average molecular weight is 773 g/mol. The molecule has 7 rings (SSSR count). The lowest BCUT2D eigenvalue weighted by molar-refractivity contribution is -0.141. The number of halogens is 1. The smallest absolute Gasteiger partial charge is 0.410 e. The van der Waals surface area contributed by atoms with Crippen LogP contribution in [0.1, 0.15) is 94.6 Å². The first-order chi connectivity index (χ1) is 25.9. The Morgan fingerprint density at radius 1 is 0.926 bits per heavy atom. The fourth-order valence-corrected chi connectivity index (χ4v) is 9.71. The van der Waals surface area contributed by atoms with Crippen LogP contribution in [0.15, 0.2) is 30.4 Å². The number of fused-ring (bicyclic) bond motifs is 3. The Bertz CT molecular complexity index is 1780. The van der Waals surface area contributed by atoms with Crippen LogP contribution >= 0.6 is 0 Å². The van der Waals surface area contributed by atoms with Gasteiger partial charge in [-0.25, -0.2) is 18.7 Å². The zero-order valence-electron chi connectivity index (χ0n) is 30.3. The van der Waals surface area contributed by atoms with E-state index in [4.69, 9.17) is 9.47 Å². The van der Waals surface area contributed by atoms with Gasteiger partial charge in [0.15, 0.2) is 0 Å². The molecule has 3 N–H and O–H groups in total. The largest absolute Gasteiger partial charge is 0.446 e. The van der Waals surface area contributed by atoms with Gasteiger partial charge in [0, 0.05) is 37.5 Å². The molecular formula is C37H49FN6O9S. The van der Waals surface area contributed by atoms with E-state index in [-0.39, 0.29) is 58.1 Å². The number of rotatable bonds is 6. The highest BCUT2D eigenvalue weighted by Crippen LogP contribution is 2.46. The summed E-state index contributed by atoms with van der Waals surface area (Å²) < 4.78 is 55.6. The fourth-order valence-electron chi connectivity index (χ4n) is 8.43. The molecule has 2 saturated heterocycles. The van der Waals surface area contributed by atoms with Crippen LogP contribution in [0.25, 0.3) is 0 Å². The van der Waals surface area contributed by atoms with Crippen molar-refractivity contribution in [1.29, 1.82) is 0 Å². The molecule has 5 amide bonds. The summed E-state index contributed by atoms with van der Waals surface area (Å²) in [5.74, 6) is -3.07. The van der Waals surface area contributed by atoms with E-state index in [1.54, 1.807) is 12.1 Å². The monoisotopic (exact) mass is 772 g/mol. The van der Waals surface area contributed by atoms with Crippen LogP contribution in [0, 0.1) is 11.7 Å². The van der Waals surface area contributed by atoms with E-state index < -0.39 is 75.6 Å². The number of carbonyl (C=O) groups excluding carboxylic acids is 5. The molecule has 1 aromatic carbocycles. The van der Waals surface area contributed by atoms with E-state index >= 15 is 0 Å². The fraction of sp³-hybridized carbons (Fsp3) is 0.649. The second-order valence-electron chi connectivity index (χ2n) is 15.4. The highest BCUT2D eigenvalue weighted by atomic mass is 32.2. The van der Waals surface area contributed by atoms with Gasteiger partial charge < -0.3 is 25.0 Å². The highest BCUT2D eigenvalue weighted by molar-refractivity contribution is 7.87. The van der Waals surface area contributed by atoms with Gasteiger partial charge >= 0.3 is 22.4 Å². The molecule has 5 atom stereocenters. The number of carbonyl (C=O) groups is 5. The summed E-state index contributed by atoms with van der Waals surface area (Å²) >= 11 is 0. The molecule has 4 heterocycles. The average Bonchev–Trinajstić information content (AvgIpc) is 3.78. The lowest BCUT2D eigenvalue weighted by atomic mass is 10.0. The van der Waals surface area contributed by atoms with Crippen molar-refractivity contribution < 1.29 is 46.3 Å². The molecule has 15 nitrogen and oxygen atoms in total. The van der Waals surface area contributed by atoms with Crippen molar-refractivity contribution in [2.75, 3.05) is 19.6 Å². The van der Waals surface area contributed by atoms with E-state index in [0.29, 0.717) is 36.8 Å². The first-order valence-corrected chi connectivity index (χ1v) is 20.7. The van der Waals surface area contributed by atoms with Gasteiger partial charge in [0.25, 0.3) is 5.91 Å². The van der Waals surface area contributed by atoms with E-state index in [0.717, 1.165) is 38.5 Å². The third kappa shape index (κ3) is 8.21. The van der Waals surface area contributed by atoms with E-state index in [1.807, 2.05) is 12.2 Å². The molecule has 0 unspecified atom stereocenters. The molecule has 6 aliphatic rings. The first kappa shape index (κ1) is 38.0. The number of ether oxygens (including phenoxy) is 2. The Hall–Kier alpha value is -4.25. The Balaban J connectivity index is 1.12. The van der Waals surface area contributed by atoms with Gasteiger partial charge in [-0.05, 0) is 75.8 Å². The first-order valence-electron chi connectivity index (χ1n) is 19.2. The molecule has 4 aliphatic heterocycles. The van der Waals surface area contributed by atoms with Crippen molar-refractivity contribution in [2.45, 2.75) is 126 Å². The van der Waals surface area contributed by atoms with Crippen LogP contribution in [0.5, 0.6) is 0 Å². The molecule has 54 heavy (non-hydrogen) atoms. The zero-order chi connectivity index (χ0) is 38.0. The number of hydrogen-bond acceptors (Lipinski definition) is 9. The minimum absolute atomic E-state index is 0.00208. The summed E-state index contributed by atoms with van der Waals surface area (Å²) in [5, 5.41) is 5.55. The van der Waals surface area contributed by atoms with Gasteiger partial charge in [0.2, 0.25) is 11.8 Å². The van der Waals surface area contributed by atoms with Gasteiger partial charge in [-0.2, -0.15) is 12.7 Å². The summed E-state index contributed by atoms with van der Waals surface area (Å²) in [6.07, 6.45) is 8.88. The molecule has 0 radical (unpaired) electrons. The second kappa shape index (κ2) is 15.8. The number of nitrogens with one attached hydrogen (secondary N) is 3. The van der Waals surface area contributed by atoms with Gasteiger partial charge in [0.05, 0.1) is 13.1 Å². The maximum absolute atomic E-state index is 14.5. The topological polar surface area (TPSA) is 184 Å². The van der Waals surface area contributed by atoms with Gasteiger partial charge in [-0.3, -0.25) is 19.3 Å². The molecule has 0 bridgehead atoms. The molecule has 0 aromatic heterocycles. The summed E-state index contributed by atoms with van der Waals surface area (Å²) in [5.41, 5.74) is -0.537. The molecule has 17 heteroatoms. The van der Waals surface area contributed by atoms with E-state index in [2.05, 4.69) is 15.4 Å². The summed E-state index contributed by atoms with van der Waals surface area (Å²) in [6, 6.07) is 2.35. The lowest BCUT2D eigenvalue weighted by Crippen LogP contribution is -2.59. The van der Waals surface area contributed by atoms with Crippen LogP contribution < -0.4 is 15.4 Å². The molecule has 0 spiro atoms. The summed E-state index contributed by atoms with van der Waals surface area (Å²) in [7, 11) is -4.15. The molecule has 294 valence electrons. The quantitative estimate of drug-likeness (QED) is 0.366. The van der Waals surface area contributed by atoms with Gasteiger partial charge in [0.1, 0.15) is 35.6 Å². The van der Waals surface area contributed by atoms with Crippen LogP contribution in [-0.2, 0) is 47.2 Å². The van der Waals surface area contributed by atoms with Crippen molar-refractivity contribution in [3.63, 3.8) is 0 Å². The van der Waals surface area contributed by atoms with Gasteiger partial charge in [-0.15, -0.1) is 0 Å². The van der Waals surface area contributed by atoms with Crippen LogP contribution in [0.4, 0.5) is 14.0 Å². The van der Waals surface area contributed by atoms with Crippen molar-refractivity contribution in [2.24, 2.45) is 5.92 Å². The maximum atomic E-state index is 14.5. The number of benzene rings is 1. The standard InChI is InChI=1S/C37H49FN6O9S/c38-29-15-10-11-24-21-42(23-28(24)29)36(49)53-27-19-31-32(45)40-37(34(47)41-54(50,51)43-17-8-9-18-43)20-25(37)12-4-2-1-3-5-16-30(33(46)44(31)22-27)39-35(48)52-26-13-6-7-14-26/h4,10-12,15,25-27,30-31H,1-3,5-9,13-14,16-23H2,(H,39,48)(H,40,45)(H,41,47)/b12-4-/t25-,27-,30+,31+,37-/m1/s1. The summed E-state index contributed by atoms with van der Waals surface area (Å²) in [6.45, 7) is 0.521. The number of nitrogens with zero attached hydrogens (tertiary/aromatic N) is 3. The number of amides is 5. The normalized spacial score (nSPS) is 29.9. The number of alkyl carbamates (subject to hydrolysis) is 1. The van der Waals surface area contributed by atoms with Crippen LogP contribution in [0.2, 0.25) is 0 Å². The number of hydrogen-bond donors (Lipinski definition) is 3. The van der Waals surface area contributed by atoms with Crippen molar-refractivity contribution in [1.82, 2.24) is 29.5 Å². The Morgan fingerprint density at radius 3 is 2.44 bits per heavy atom. The predicted octanol–water partition coefficient (Wildman–Crippen LogP) is 3.14. The van der Waals surface area contributed by atoms with Crippen LogP contribution in [-0.4, -0.2) is 102 Å². The molecular weight excluding hydrogens is 724 g/mol. The highest BCUT2D eigenvalue weighted by Gasteiger charge is 2.62. The molecule has 1 aromatic rings. The SMILES string of the molecule is O=C(N[C@H]1CCCCC/C=C\[C@@H]2C[C@@]2(C(=O)NS(=O)(=O)N2CCCC2)NC(=O)[C@@H]2C[C@@H](OC(=O)N3Cc4cccc(F)c4C3)CN2C1=O)OC1CCCC1. The Labute approximate surface area is 314 Å². The third-order valence-electron chi connectivity index (χ3n) is 11.6. The Kier molecular flexibility index (Phi) is 11.2. The van der Waals surface area contributed by atoms with Crippen LogP contribution in [0.3, 0.4) is 0 Å². The van der Waals surface area contributed by atoms with E-state index in [9.17, 15) is 36.8 Å². The van der Waals surface area contributed by atoms with Gasteiger partial charge in [-0.1, -0.05) is 37.1 Å².